The van der Waals surface area contributed by atoms with Crippen LogP contribution < -0.4 is 14.9 Å². The Morgan fingerprint density at radius 1 is 0.974 bits per heavy atom. The zero-order valence-electron chi connectivity index (χ0n) is 21.4. The number of thiazole rings is 1. The fourth-order valence-electron chi connectivity index (χ4n) is 5.19. The van der Waals surface area contributed by atoms with E-state index in [4.69, 9.17) is 9.73 Å². The smallest absolute Gasteiger partial charge is 0.338 e. The second kappa shape index (κ2) is 9.54. The van der Waals surface area contributed by atoms with Gasteiger partial charge in [-0.25, -0.2) is 9.79 Å². The molecule has 4 aromatic carbocycles. The van der Waals surface area contributed by atoms with Crippen molar-refractivity contribution in [1.82, 2.24) is 4.57 Å². The summed E-state index contributed by atoms with van der Waals surface area (Å²) >= 11 is 1.35. The van der Waals surface area contributed by atoms with Crippen LogP contribution in [0.3, 0.4) is 0 Å². The highest BCUT2D eigenvalue weighted by atomic mass is 32.1. The van der Waals surface area contributed by atoms with Gasteiger partial charge in [-0.1, -0.05) is 89.7 Å². The lowest BCUT2D eigenvalue weighted by Gasteiger charge is -2.24. The molecule has 38 heavy (non-hydrogen) atoms. The molecular weight excluding hydrogens is 492 g/mol. The largest absolute Gasteiger partial charge is 0.463 e. The third-order valence-electron chi connectivity index (χ3n) is 7.00. The lowest BCUT2D eigenvalue weighted by molar-refractivity contribution is -0.139. The van der Waals surface area contributed by atoms with E-state index in [0.717, 1.165) is 38.2 Å². The van der Waals surface area contributed by atoms with E-state index in [1.165, 1.54) is 11.3 Å². The minimum atomic E-state index is -0.614. The van der Waals surface area contributed by atoms with Gasteiger partial charge in [0.1, 0.15) is 0 Å². The molecule has 0 saturated carbocycles. The number of hydrogen-bond acceptors (Lipinski definition) is 5. The molecule has 1 unspecified atom stereocenters. The molecule has 0 aliphatic carbocycles. The van der Waals surface area contributed by atoms with Gasteiger partial charge in [0, 0.05) is 0 Å². The number of fused-ring (bicyclic) bond motifs is 3. The summed E-state index contributed by atoms with van der Waals surface area (Å²) in [6.07, 6.45) is 1.98. The molecule has 0 bridgehead atoms. The van der Waals surface area contributed by atoms with Crippen molar-refractivity contribution in [3.8, 4) is 0 Å². The van der Waals surface area contributed by atoms with E-state index in [9.17, 15) is 9.59 Å². The number of carbonyl (C=O) groups excluding carboxylic acids is 1. The van der Waals surface area contributed by atoms with Gasteiger partial charge in [-0.15, -0.1) is 0 Å². The molecule has 6 rings (SSSR count). The molecular formula is C32H26N2O3S. The number of rotatable bonds is 4. The van der Waals surface area contributed by atoms with Gasteiger partial charge in [-0.3, -0.25) is 9.36 Å². The van der Waals surface area contributed by atoms with Crippen molar-refractivity contribution >= 4 is 44.9 Å². The van der Waals surface area contributed by atoms with Gasteiger partial charge >= 0.3 is 5.97 Å². The van der Waals surface area contributed by atoms with E-state index in [1.807, 2.05) is 68.5 Å². The molecule has 0 radical (unpaired) electrons. The highest BCUT2D eigenvalue weighted by Gasteiger charge is 2.33. The fourth-order valence-corrected chi connectivity index (χ4v) is 6.22. The standard InChI is InChI=1S/C32H26N2O3S/c1-4-37-31(36)28-20(3)33-32-34(29(28)21-15-13-19(2)14-16-21)30(35)27(38-32)18-26-24-11-7-5-9-22(24)17-23-10-6-8-12-25(23)26/h5-18,29H,4H2,1-3H3. The zero-order chi connectivity index (χ0) is 26.4. The lowest BCUT2D eigenvalue weighted by atomic mass is 9.95. The summed E-state index contributed by atoms with van der Waals surface area (Å²) in [4.78, 5) is 32.5. The monoisotopic (exact) mass is 518 g/mol. The minimum Gasteiger partial charge on any atom is -0.463 e. The Bertz CT molecular complexity index is 1890. The van der Waals surface area contributed by atoms with Crippen LogP contribution in [-0.2, 0) is 9.53 Å². The van der Waals surface area contributed by atoms with Gasteiger partial charge in [0.2, 0.25) is 0 Å². The average molecular weight is 519 g/mol. The summed E-state index contributed by atoms with van der Waals surface area (Å²) in [5.74, 6) is -0.450. The average Bonchev–Trinajstić information content (AvgIpc) is 3.22. The molecule has 0 amide bonds. The fraction of sp³-hybridized carbons (Fsp3) is 0.156. The molecule has 0 fully saturated rings. The Balaban J connectivity index is 1.64. The highest BCUT2D eigenvalue weighted by molar-refractivity contribution is 7.07. The van der Waals surface area contributed by atoms with Crippen molar-refractivity contribution in [2.75, 3.05) is 6.61 Å². The van der Waals surface area contributed by atoms with Crippen LogP contribution in [0.15, 0.2) is 99.9 Å². The van der Waals surface area contributed by atoms with Crippen LogP contribution in [0, 0.1) is 6.92 Å². The van der Waals surface area contributed by atoms with Crippen molar-refractivity contribution in [2.45, 2.75) is 26.8 Å². The van der Waals surface area contributed by atoms with Crippen LogP contribution in [0.1, 0.15) is 36.6 Å². The normalized spacial score (nSPS) is 15.6. The molecule has 0 N–H and O–H groups in total. The SMILES string of the molecule is CCOC(=O)C1=C(C)N=c2sc(=Cc3c4ccccc4cc4ccccc34)c(=O)n2C1c1ccc(C)cc1. The molecule has 188 valence electrons. The van der Waals surface area contributed by atoms with Gasteiger partial charge in [0.15, 0.2) is 4.80 Å². The Kier molecular flexibility index (Phi) is 6.04. The Labute approximate surface area is 223 Å². The third kappa shape index (κ3) is 3.98. The van der Waals surface area contributed by atoms with Crippen LogP contribution >= 0.6 is 11.3 Å². The molecule has 2 heterocycles. The van der Waals surface area contributed by atoms with Crippen molar-refractivity contribution in [2.24, 2.45) is 4.99 Å². The molecule has 1 aromatic heterocycles. The van der Waals surface area contributed by atoms with E-state index >= 15 is 0 Å². The minimum absolute atomic E-state index is 0.175. The maximum Gasteiger partial charge on any atom is 0.338 e. The number of carbonyl (C=O) groups is 1. The zero-order valence-corrected chi connectivity index (χ0v) is 22.2. The molecule has 1 aliphatic heterocycles. The summed E-state index contributed by atoms with van der Waals surface area (Å²) in [6, 6.07) is 25.9. The molecule has 5 aromatic rings. The Morgan fingerprint density at radius 2 is 1.61 bits per heavy atom. The maximum atomic E-state index is 14.1. The van der Waals surface area contributed by atoms with Crippen LogP contribution in [-0.4, -0.2) is 17.1 Å². The predicted molar refractivity (Wildman–Crippen MR) is 153 cm³/mol. The summed E-state index contributed by atoms with van der Waals surface area (Å²) in [6.45, 7) is 5.84. The highest BCUT2D eigenvalue weighted by Crippen LogP contribution is 2.32. The topological polar surface area (TPSA) is 60.7 Å². The molecule has 1 atom stereocenters. The van der Waals surface area contributed by atoms with E-state index < -0.39 is 12.0 Å². The second-order valence-corrected chi connectivity index (χ2v) is 10.5. The van der Waals surface area contributed by atoms with Gasteiger partial charge in [-0.05, 0) is 65.6 Å². The first-order chi connectivity index (χ1) is 18.5. The van der Waals surface area contributed by atoms with E-state index in [1.54, 1.807) is 11.5 Å². The van der Waals surface area contributed by atoms with E-state index in [-0.39, 0.29) is 12.2 Å². The van der Waals surface area contributed by atoms with Crippen molar-refractivity contribution in [3.63, 3.8) is 0 Å². The number of esters is 1. The molecule has 6 heteroatoms. The number of benzene rings is 4. The summed E-state index contributed by atoms with van der Waals surface area (Å²) in [5, 5.41) is 4.39. The predicted octanol–water partition coefficient (Wildman–Crippen LogP) is 5.41. The van der Waals surface area contributed by atoms with Crippen LogP contribution in [0.2, 0.25) is 0 Å². The first kappa shape index (κ1) is 24.1. The van der Waals surface area contributed by atoms with Gasteiger partial charge in [0.05, 0.1) is 28.5 Å². The molecule has 1 aliphatic rings. The van der Waals surface area contributed by atoms with Crippen molar-refractivity contribution in [3.05, 3.63) is 127 Å². The quantitative estimate of drug-likeness (QED) is 0.236. The maximum absolute atomic E-state index is 14.1. The van der Waals surface area contributed by atoms with Gasteiger partial charge in [0.25, 0.3) is 5.56 Å². The second-order valence-electron chi connectivity index (χ2n) is 9.45. The molecule has 5 nitrogen and oxygen atoms in total. The van der Waals surface area contributed by atoms with Crippen molar-refractivity contribution < 1.29 is 9.53 Å². The molecule has 0 saturated heterocycles. The van der Waals surface area contributed by atoms with Gasteiger partial charge in [-0.2, -0.15) is 0 Å². The summed E-state index contributed by atoms with van der Waals surface area (Å²) < 4.78 is 7.62. The third-order valence-corrected chi connectivity index (χ3v) is 7.98. The lowest BCUT2D eigenvalue weighted by Crippen LogP contribution is -2.39. The number of ether oxygens (including phenoxy) is 1. The van der Waals surface area contributed by atoms with E-state index in [0.29, 0.717) is 20.6 Å². The number of aryl methyl sites for hydroxylation is 1. The number of aromatic nitrogens is 1. The number of nitrogens with zero attached hydrogens (tertiary/aromatic N) is 2. The van der Waals surface area contributed by atoms with Crippen LogP contribution in [0.25, 0.3) is 27.6 Å². The van der Waals surface area contributed by atoms with Crippen LogP contribution in [0.4, 0.5) is 0 Å². The Hall–Kier alpha value is -4.29. The molecule has 0 spiro atoms. The summed E-state index contributed by atoms with van der Waals surface area (Å²) in [5.41, 5.74) is 3.73. The van der Waals surface area contributed by atoms with Crippen LogP contribution in [0.5, 0.6) is 0 Å². The first-order valence-corrected chi connectivity index (χ1v) is 13.4. The first-order valence-electron chi connectivity index (χ1n) is 12.6. The number of allylic oxidation sites excluding steroid dienone is 1. The Morgan fingerprint density at radius 3 is 2.24 bits per heavy atom. The van der Waals surface area contributed by atoms with E-state index in [2.05, 4.69) is 30.3 Å². The summed E-state index contributed by atoms with van der Waals surface area (Å²) in [7, 11) is 0. The van der Waals surface area contributed by atoms with Crippen molar-refractivity contribution in [1.29, 1.82) is 0 Å². The van der Waals surface area contributed by atoms with Gasteiger partial charge < -0.3 is 4.74 Å². The number of hydrogen-bond donors (Lipinski definition) is 0.